The Hall–Kier alpha value is -6.97. The van der Waals surface area contributed by atoms with Gasteiger partial charge in [0.15, 0.2) is 0 Å². The Morgan fingerprint density at radius 3 is 2.08 bits per heavy atom. The summed E-state index contributed by atoms with van der Waals surface area (Å²) in [6.45, 7) is 4.72. The standard InChI is InChI=1S/C56H43N3/c1-56(2)48-22-12-9-19-42(48)45-33-40(27-28-49(45)56)58-52-23-13-10-20-43(52)46-31-38(25-29-54(46)58)39-26-30-55-47(32-39)44-21-11-14-24-53(44)59(55)41-34-50(36-15-5-3-6-16-36)57-51(35-41)37-17-7-4-8-18-37/h3-25,27-35,39,46,54H,26H2,1-2H3. The van der Waals surface area contributed by atoms with E-state index in [4.69, 9.17) is 4.98 Å². The summed E-state index contributed by atoms with van der Waals surface area (Å²) in [5, 5.41) is 3.84. The third-order valence-corrected chi connectivity index (χ3v) is 13.4. The summed E-state index contributed by atoms with van der Waals surface area (Å²) in [7, 11) is 0. The number of pyridine rings is 1. The summed E-state index contributed by atoms with van der Waals surface area (Å²) in [5.74, 6) is 0.542. The third kappa shape index (κ3) is 5.24. The fourth-order valence-electron chi connectivity index (χ4n) is 10.6. The van der Waals surface area contributed by atoms with Crippen LogP contribution in [0, 0.1) is 5.92 Å². The lowest BCUT2D eigenvalue weighted by molar-refractivity contribution is 0.660. The monoisotopic (exact) mass is 757 g/mol. The molecule has 3 nitrogen and oxygen atoms in total. The number of fused-ring (bicyclic) bond motifs is 9. The molecule has 0 saturated carbocycles. The van der Waals surface area contributed by atoms with Crippen LogP contribution in [0.15, 0.2) is 188 Å². The van der Waals surface area contributed by atoms with Crippen LogP contribution in [0.25, 0.3) is 62.4 Å². The summed E-state index contributed by atoms with van der Waals surface area (Å²) < 4.78 is 2.46. The molecule has 3 heterocycles. The zero-order valence-corrected chi connectivity index (χ0v) is 33.3. The first kappa shape index (κ1) is 34.1. The van der Waals surface area contributed by atoms with Crippen molar-refractivity contribution in [3.8, 4) is 39.3 Å². The summed E-state index contributed by atoms with van der Waals surface area (Å²) >= 11 is 0. The van der Waals surface area contributed by atoms with Crippen molar-refractivity contribution in [2.24, 2.45) is 5.92 Å². The Kier molecular flexibility index (Phi) is 7.53. The molecule has 4 aliphatic rings. The molecule has 0 spiro atoms. The molecular weight excluding hydrogens is 715 g/mol. The predicted octanol–water partition coefficient (Wildman–Crippen LogP) is 12.0. The maximum atomic E-state index is 5.20. The highest BCUT2D eigenvalue weighted by atomic mass is 15.2. The second kappa shape index (κ2) is 13.0. The normalized spacial score (nSPS) is 19.2. The lowest BCUT2D eigenvalue weighted by Gasteiger charge is -2.31. The van der Waals surface area contributed by atoms with Crippen molar-refractivity contribution in [2.75, 3.05) is 4.90 Å². The van der Waals surface area contributed by atoms with Gasteiger partial charge in [-0.1, -0.05) is 172 Å². The van der Waals surface area contributed by atoms with Gasteiger partial charge in [0, 0.05) is 55.7 Å². The number of nitrogens with zero attached hydrogens (tertiary/aromatic N) is 3. The molecule has 3 heteroatoms. The lowest BCUT2D eigenvalue weighted by Crippen LogP contribution is -2.33. The molecule has 0 saturated heterocycles. The van der Waals surface area contributed by atoms with Crippen LogP contribution in [0.1, 0.15) is 42.9 Å². The third-order valence-electron chi connectivity index (χ3n) is 13.4. The minimum Gasteiger partial charge on any atom is -0.333 e. The summed E-state index contributed by atoms with van der Waals surface area (Å²) in [5.41, 5.74) is 17.4. The van der Waals surface area contributed by atoms with E-state index in [2.05, 4.69) is 217 Å². The number of aromatic nitrogens is 2. The maximum Gasteiger partial charge on any atom is 0.0730 e. The molecule has 3 aliphatic carbocycles. The second-order valence-corrected chi connectivity index (χ2v) is 17.1. The molecule has 0 bridgehead atoms. The fourth-order valence-corrected chi connectivity index (χ4v) is 10.6. The van der Waals surface area contributed by atoms with Crippen LogP contribution in [-0.4, -0.2) is 15.6 Å². The number of para-hydroxylation sites is 2. The van der Waals surface area contributed by atoms with Crippen LogP contribution < -0.4 is 15.5 Å². The molecular formula is C56H43N3. The highest BCUT2D eigenvalue weighted by Crippen LogP contribution is 2.53. The van der Waals surface area contributed by atoms with E-state index >= 15 is 0 Å². The zero-order chi connectivity index (χ0) is 39.2. The Morgan fingerprint density at radius 2 is 1.29 bits per heavy atom. The molecule has 59 heavy (non-hydrogen) atoms. The molecule has 0 radical (unpaired) electrons. The Labute approximate surface area is 345 Å². The van der Waals surface area contributed by atoms with Gasteiger partial charge in [0.25, 0.3) is 0 Å². The van der Waals surface area contributed by atoms with E-state index in [0.29, 0.717) is 0 Å². The average Bonchev–Trinajstić information content (AvgIpc) is 3.89. The van der Waals surface area contributed by atoms with Gasteiger partial charge in [-0.25, -0.2) is 4.98 Å². The second-order valence-electron chi connectivity index (χ2n) is 17.1. The highest BCUT2D eigenvalue weighted by Gasteiger charge is 2.40. The molecule has 12 rings (SSSR count). The minimum atomic E-state index is -0.00746. The van der Waals surface area contributed by atoms with E-state index in [-0.39, 0.29) is 23.3 Å². The van der Waals surface area contributed by atoms with E-state index in [0.717, 1.165) is 34.6 Å². The largest absolute Gasteiger partial charge is 0.333 e. The van der Waals surface area contributed by atoms with Crippen LogP contribution in [0.5, 0.6) is 0 Å². The number of benzene rings is 6. The van der Waals surface area contributed by atoms with Crippen LogP contribution >= 0.6 is 0 Å². The van der Waals surface area contributed by atoms with E-state index in [9.17, 15) is 0 Å². The summed E-state index contributed by atoms with van der Waals surface area (Å²) in [4.78, 5) is 7.78. The predicted molar refractivity (Wildman–Crippen MR) is 245 cm³/mol. The number of allylic oxidation sites excluding steroid dienone is 2. The van der Waals surface area contributed by atoms with Crippen LogP contribution in [0.4, 0.5) is 11.4 Å². The molecule has 1 aliphatic heterocycles. The minimum absolute atomic E-state index is 0.00746. The van der Waals surface area contributed by atoms with Gasteiger partial charge >= 0.3 is 0 Å². The maximum absolute atomic E-state index is 5.20. The van der Waals surface area contributed by atoms with Crippen molar-refractivity contribution in [3.05, 3.63) is 215 Å². The van der Waals surface area contributed by atoms with Crippen molar-refractivity contribution in [3.63, 3.8) is 0 Å². The summed E-state index contributed by atoms with van der Waals surface area (Å²) in [6.07, 6.45) is 13.4. The van der Waals surface area contributed by atoms with Crippen molar-refractivity contribution < 1.29 is 0 Å². The first-order chi connectivity index (χ1) is 29.0. The average molecular weight is 758 g/mol. The number of anilines is 2. The van der Waals surface area contributed by atoms with E-state index < -0.39 is 0 Å². The van der Waals surface area contributed by atoms with E-state index in [1.165, 1.54) is 66.2 Å². The number of rotatable bonds is 5. The molecule has 282 valence electrons. The van der Waals surface area contributed by atoms with Gasteiger partial charge in [-0.3, -0.25) is 0 Å². The van der Waals surface area contributed by atoms with Gasteiger partial charge in [0.05, 0.1) is 28.6 Å². The molecule has 8 aromatic rings. The van der Waals surface area contributed by atoms with Crippen LogP contribution in [0.3, 0.4) is 0 Å². The molecule has 0 N–H and O–H groups in total. The Balaban J connectivity index is 0.944. The Bertz CT molecular complexity index is 3130. The van der Waals surface area contributed by atoms with E-state index in [1.807, 2.05) is 0 Å². The van der Waals surface area contributed by atoms with Crippen molar-refractivity contribution in [2.45, 2.75) is 37.6 Å². The lowest BCUT2D eigenvalue weighted by atomic mass is 9.82. The Morgan fingerprint density at radius 1 is 0.610 bits per heavy atom. The van der Waals surface area contributed by atoms with Gasteiger partial charge in [0.1, 0.15) is 0 Å². The van der Waals surface area contributed by atoms with Crippen LogP contribution in [0.2, 0.25) is 0 Å². The molecule has 2 aromatic heterocycles. The molecule has 3 atom stereocenters. The quantitative estimate of drug-likeness (QED) is 0.174. The van der Waals surface area contributed by atoms with Gasteiger partial charge in [-0.15, -0.1) is 0 Å². The molecule has 0 fully saturated rings. The zero-order valence-electron chi connectivity index (χ0n) is 33.3. The van der Waals surface area contributed by atoms with Gasteiger partial charge in [-0.05, 0) is 76.2 Å². The topological polar surface area (TPSA) is 21.1 Å². The SMILES string of the molecule is CC1(C)c2ccccc2-c2cc(N3c4ccccc4C4C=C(C5C=c6c(n(-c7cc(-c8ccccc8)nc(-c8ccccc8)c7)c7ccccc67)=CC5)C=CC43)ccc21. The van der Waals surface area contributed by atoms with Crippen molar-refractivity contribution in [1.82, 2.24) is 9.55 Å². The molecule has 6 aromatic carbocycles. The first-order valence-electron chi connectivity index (χ1n) is 21.0. The molecule has 3 unspecified atom stereocenters. The highest BCUT2D eigenvalue weighted by molar-refractivity contribution is 5.87. The van der Waals surface area contributed by atoms with Crippen molar-refractivity contribution in [1.29, 1.82) is 0 Å². The number of hydrogen-bond donors (Lipinski definition) is 0. The first-order valence-corrected chi connectivity index (χ1v) is 21.0. The van der Waals surface area contributed by atoms with Crippen LogP contribution in [-0.2, 0) is 5.41 Å². The van der Waals surface area contributed by atoms with Gasteiger partial charge in [0.2, 0.25) is 0 Å². The smallest absolute Gasteiger partial charge is 0.0730 e. The van der Waals surface area contributed by atoms with Gasteiger partial charge in [-0.2, -0.15) is 0 Å². The van der Waals surface area contributed by atoms with E-state index in [1.54, 1.807) is 0 Å². The molecule has 0 amide bonds. The van der Waals surface area contributed by atoms with Gasteiger partial charge < -0.3 is 9.47 Å². The number of hydrogen-bond acceptors (Lipinski definition) is 2. The van der Waals surface area contributed by atoms with Crippen molar-refractivity contribution >= 4 is 34.4 Å². The summed E-state index contributed by atoms with van der Waals surface area (Å²) in [6, 6.07) is 59.9. The fraction of sp³-hybridized carbons (Fsp3) is 0.125.